The third-order valence-corrected chi connectivity index (χ3v) is 5.28. The molecule has 1 saturated heterocycles. The lowest BCUT2D eigenvalue weighted by molar-refractivity contribution is 0.569. The zero-order valence-corrected chi connectivity index (χ0v) is 10.7. The van der Waals surface area contributed by atoms with E-state index < -0.39 is 20.9 Å². The molecule has 0 aromatic heterocycles. The molecular formula is C12H13FN2O2S. The van der Waals surface area contributed by atoms with Crippen molar-refractivity contribution < 1.29 is 12.8 Å². The SMILES string of the molecule is CC1CN(c2ccc(F)cc2C#N)CCS1(=O)=O. The molecule has 18 heavy (non-hydrogen) atoms. The molecule has 2 rings (SSSR count). The van der Waals surface area contributed by atoms with Gasteiger partial charge in [-0.25, -0.2) is 12.8 Å². The predicted octanol–water partition coefficient (Wildman–Crippen LogP) is 1.32. The van der Waals surface area contributed by atoms with Crippen molar-refractivity contribution in [3.8, 4) is 6.07 Å². The Balaban J connectivity index is 2.32. The number of nitrogens with zero attached hydrogens (tertiary/aromatic N) is 2. The molecule has 0 saturated carbocycles. The molecule has 1 unspecified atom stereocenters. The van der Waals surface area contributed by atoms with E-state index in [0.29, 0.717) is 18.8 Å². The summed E-state index contributed by atoms with van der Waals surface area (Å²) in [6.45, 7) is 2.33. The van der Waals surface area contributed by atoms with Gasteiger partial charge < -0.3 is 4.90 Å². The fraction of sp³-hybridized carbons (Fsp3) is 0.417. The van der Waals surface area contributed by atoms with Crippen molar-refractivity contribution in [1.82, 2.24) is 0 Å². The third kappa shape index (κ3) is 2.31. The quantitative estimate of drug-likeness (QED) is 0.770. The molecule has 1 aromatic rings. The minimum absolute atomic E-state index is 0.0659. The topological polar surface area (TPSA) is 61.2 Å². The Bertz CT molecular complexity index is 607. The van der Waals surface area contributed by atoms with Crippen molar-refractivity contribution in [2.45, 2.75) is 12.2 Å². The van der Waals surface area contributed by atoms with Gasteiger partial charge in [0.15, 0.2) is 9.84 Å². The second kappa shape index (κ2) is 4.58. The summed E-state index contributed by atoms with van der Waals surface area (Å²) < 4.78 is 36.3. The highest BCUT2D eigenvalue weighted by Gasteiger charge is 2.30. The first-order valence-corrected chi connectivity index (χ1v) is 7.32. The van der Waals surface area contributed by atoms with E-state index in [-0.39, 0.29) is 11.3 Å². The Labute approximate surface area is 106 Å². The number of benzene rings is 1. The van der Waals surface area contributed by atoms with Gasteiger partial charge in [-0.1, -0.05) is 0 Å². The lowest BCUT2D eigenvalue weighted by Crippen LogP contribution is -2.45. The second-order valence-electron chi connectivity index (χ2n) is 4.40. The summed E-state index contributed by atoms with van der Waals surface area (Å²) in [6, 6.07) is 5.92. The Morgan fingerprint density at radius 1 is 1.50 bits per heavy atom. The van der Waals surface area contributed by atoms with Crippen LogP contribution in [0.4, 0.5) is 10.1 Å². The van der Waals surface area contributed by atoms with Crippen molar-refractivity contribution in [3.05, 3.63) is 29.6 Å². The fourth-order valence-electron chi connectivity index (χ4n) is 2.05. The Kier molecular flexibility index (Phi) is 3.26. The first kappa shape index (κ1) is 12.8. The van der Waals surface area contributed by atoms with E-state index in [1.165, 1.54) is 18.2 Å². The largest absolute Gasteiger partial charge is 0.368 e. The van der Waals surface area contributed by atoms with Crippen LogP contribution in [-0.4, -0.2) is 32.5 Å². The minimum Gasteiger partial charge on any atom is -0.368 e. The molecule has 1 aliphatic heterocycles. The standard InChI is InChI=1S/C12H13FN2O2S/c1-9-8-15(4-5-18(9,16)17)12-3-2-11(13)6-10(12)7-14/h2-3,6,9H,4-5,8H2,1H3. The molecule has 96 valence electrons. The number of sulfone groups is 1. The van der Waals surface area contributed by atoms with Crippen LogP contribution in [0.2, 0.25) is 0 Å². The highest BCUT2D eigenvalue weighted by Crippen LogP contribution is 2.24. The molecule has 1 atom stereocenters. The third-order valence-electron chi connectivity index (χ3n) is 3.16. The normalized spacial score (nSPS) is 22.5. The summed E-state index contributed by atoms with van der Waals surface area (Å²) in [5.74, 6) is -0.399. The Morgan fingerprint density at radius 3 is 2.83 bits per heavy atom. The first-order valence-electron chi connectivity index (χ1n) is 5.60. The van der Waals surface area contributed by atoms with Crippen LogP contribution < -0.4 is 4.90 Å². The average molecular weight is 268 g/mol. The van der Waals surface area contributed by atoms with Gasteiger partial charge in [0.05, 0.1) is 22.3 Å². The highest BCUT2D eigenvalue weighted by molar-refractivity contribution is 7.92. The van der Waals surface area contributed by atoms with Gasteiger partial charge in [0.25, 0.3) is 0 Å². The lowest BCUT2D eigenvalue weighted by Gasteiger charge is -2.33. The molecule has 4 nitrogen and oxygen atoms in total. The summed E-state index contributed by atoms with van der Waals surface area (Å²) in [4.78, 5) is 1.82. The van der Waals surface area contributed by atoms with Gasteiger partial charge in [0, 0.05) is 13.1 Å². The van der Waals surface area contributed by atoms with Crippen LogP contribution in [-0.2, 0) is 9.84 Å². The van der Waals surface area contributed by atoms with Crippen LogP contribution in [0.1, 0.15) is 12.5 Å². The summed E-state index contributed by atoms with van der Waals surface area (Å²) in [5, 5.41) is 8.51. The molecule has 0 N–H and O–H groups in total. The predicted molar refractivity (Wildman–Crippen MR) is 66.6 cm³/mol. The minimum atomic E-state index is -3.03. The van der Waals surface area contributed by atoms with Crippen molar-refractivity contribution in [1.29, 1.82) is 5.26 Å². The van der Waals surface area contributed by atoms with Gasteiger partial charge in [-0.15, -0.1) is 0 Å². The zero-order chi connectivity index (χ0) is 13.3. The molecule has 0 aliphatic carbocycles. The Morgan fingerprint density at radius 2 is 2.22 bits per heavy atom. The molecule has 1 aromatic carbocycles. The van der Waals surface area contributed by atoms with E-state index >= 15 is 0 Å². The van der Waals surface area contributed by atoms with Gasteiger partial charge >= 0.3 is 0 Å². The van der Waals surface area contributed by atoms with Crippen molar-refractivity contribution >= 4 is 15.5 Å². The van der Waals surface area contributed by atoms with Crippen molar-refractivity contribution in [2.75, 3.05) is 23.7 Å². The van der Waals surface area contributed by atoms with Gasteiger partial charge in [0.2, 0.25) is 0 Å². The summed E-state index contributed by atoms with van der Waals surface area (Å²) >= 11 is 0. The average Bonchev–Trinajstić information content (AvgIpc) is 2.33. The smallest absolute Gasteiger partial charge is 0.156 e. The van der Waals surface area contributed by atoms with Gasteiger partial charge in [-0.05, 0) is 25.1 Å². The number of nitriles is 1. The first-order chi connectivity index (χ1) is 8.44. The summed E-state index contributed by atoms with van der Waals surface area (Å²) in [7, 11) is -3.03. The molecule has 0 amide bonds. The van der Waals surface area contributed by atoms with E-state index in [2.05, 4.69) is 0 Å². The molecule has 0 spiro atoms. The van der Waals surface area contributed by atoms with E-state index in [1.807, 2.05) is 11.0 Å². The van der Waals surface area contributed by atoms with Crippen molar-refractivity contribution in [3.63, 3.8) is 0 Å². The maximum absolute atomic E-state index is 13.0. The number of rotatable bonds is 1. The maximum Gasteiger partial charge on any atom is 0.156 e. The van der Waals surface area contributed by atoms with Crippen LogP contribution >= 0.6 is 0 Å². The molecular weight excluding hydrogens is 255 g/mol. The van der Waals surface area contributed by atoms with Gasteiger partial charge in [0.1, 0.15) is 11.9 Å². The number of hydrogen-bond acceptors (Lipinski definition) is 4. The molecule has 1 aliphatic rings. The lowest BCUT2D eigenvalue weighted by atomic mass is 10.1. The molecule has 6 heteroatoms. The second-order valence-corrected chi connectivity index (χ2v) is 6.94. The molecule has 1 heterocycles. The zero-order valence-electron chi connectivity index (χ0n) is 9.93. The van der Waals surface area contributed by atoms with Crippen LogP contribution in [0, 0.1) is 17.1 Å². The van der Waals surface area contributed by atoms with Crippen LogP contribution in [0.15, 0.2) is 18.2 Å². The summed E-state index contributed by atoms with van der Waals surface area (Å²) in [6.07, 6.45) is 0. The maximum atomic E-state index is 13.0. The number of hydrogen-bond donors (Lipinski definition) is 0. The van der Waals surface area contributed by atoms with E-state index in [9.17, 15) is 12.8 Å². The van der Waals surface area contributed by atoms with Crippen LogP contribution in [0.25, 0.3) is 0 Å². The summed E-state index contributed by atoms with van der Waals surface area (Å²) in [5.41, 5.74) is 0.835. The molecule has 0 bridgehead atoms. The van der Waals surface area contributed by atoms with Crippen LogP contribution in [0.5, 0.6) is 0 Å². The molecule has 1 fully saturated rings. The van der Waals surface area contributed by atoms with Crippen LogP contribution in [0.3, 0.4) is 0 Å². The fourth-order valence-corrected chi connectivity index (χ4v) is 3.33. The van der Waals surface area contributed by atoms with Gasteiger partial charge in [-0.3, -0.25) is 0 Å². The number of halogens is 1. The van der Waals surface area contributed by atoms with E-state index in [1.54, 1.807) is 6.92 Å². The van der Waals surface area contributed by atoms with E-state index in [0.717, 1.165) is 0 Å². The Hall–Kier alpha value is -1.61. The highest BCUT2D eigenvalue weighted by atomic mass is 32.2. The molecule has 0 radical (unpaired) electrons. The van der Waals surface area contributed by atoms with Crippen molar-refractivity contribution in [2.24, 2.45) is 0 Å². The number of anilines is 1. The monoisotopic (exact) mass is 268 g/mol. The van der Waals surface area contributed by atoms with Gasteiger partial charge in [-0.2, -0.15) is 5.26 Å². The van der Waals surface area contributed by atoms with E-state index in [4.69, 9.17) is 5.26 Å².